The van der Waals surface area contributed by atoms with Crippen molar-refractivity contribution in [3.8, 4) is 0 Å². The van der Waals surface area contributed by atoms with E-state index in [1.54, 1.807) is 0 Å². The van der Waals surface area contributed by atoms with E-state index in [4.69, 9.17) is 5.11 Å². The van der Waals surface area contributed by atoms with E-state index >= 15 is 0 Å². The van der Waals surface area contributed by atoms with Crippen LogP contribution in [0.25, 0.3) is 0 Å². The molecule has 0 aromatic carbocycles. The number of aliphatic hydroxyl groups is 1. The number of hydrogen-bond acceptors (Lipinski definition) is 5. The summed E-state index contributed by atoms with van der Waals surface area (Å²) >= 11 is 0. The first kappa shape index (κ1) is 10.9. The van der Waals surface area contributed by atoms with Crippen LogP contribution in [-0.4, -0.2) is 35.1 Å². The number of carbonyl (C=O) groups is 2. The van der Waals surface area contributed by atoms with Gasteiger partial charge in [0.1, 0.15) is 0 Å². The molecule has 1 aliphatic heterocycles. The van der Waals surface area contributed by atoms with Gasteiger partial charge in [0, 0.05) is 12.8 Å². The second-order valence-corrected chi connectivity index (χ2v) is 4.60. The number of imide groups is 1. The summed E-state index contributed by atoms with van der Waals surface area (Å²) in [6, 6.07) is 0. The number of rotatable bonds is 3. The Kier molecular flexibility index (Phi) is 2.72. The topological polar surface area (TPSA) is 91.8 Å². The zero-order valence-corrected chi connectivity index (χ0v) is 8.03. The number of carbonyl (C=O) groups excluding carboxylic acids is 2. The van der Waals surface area contributed by atoms with E-state index < -0.39 is 27.3 Å². The van der Waals surface area contributed by atoms with Crippen LogP contribution in [0.4, 0.5) is 0 Å². The summed E-state index contributed by atoms with van der Waals surface area (Å²) in [6.45, 7) is 3.07. The molecule has 1 saturated heterocycles. The van der Waals surface area contributed by atoms with Gasteiger partial charge in [-0.3, -0.25) is 9.59 Å². The second-order valence-electron chi connectivity index (χ2n) is 2.72. The molecule has 1 aliphatic rings. The minimum Gasteiger partial charge on any atom is -0.372 e. The van der Waals surface area contributed by atoms with Crippen LogP contribution in [0.5, 0.6) is 0 Å². The Balaban J connectivity index is 3.09. The third-order valence-corrected chi connectivity index (χ3v) is 3.49. The molecule has 0 radical (unpaired) electrons. The quantitative estimate of drug-likeness (QED) is 0.484. The minimum absolute atomic E-state index is 0.110. The molecular weight excluding hydrogens is 210 g/mol. The van der Waals surface area contributed by atoms with Crippen LogP contribution in [0.2, 0.25) is 0 Å². The van der Waals surface area contributed by atoms with E-state index in [9.17, 15) is 18.0 Å². The maximum Gasteiger partial charge on any atom is 0.274 e. The highest BCUT2D eigenvalue weighted by Gasteiger charge is 2.41. The van der Waals surface area contributed by atoms with Crippen molar-refractivity contribution in [2.45, 2.75) is 18.3 Å². The fourth-order valence-corrected chi connectivity index (χ4v) is 2.28. The summed E-state index contributed by atoms with van der Waals surface area (Å²) in [5.74, 6) is -1.62. The molecule has 1 fully saturated rings. The molecule has 0 bridgehead atoms. The highest BCUT2D eigenvalue weighted by atomic mass is 32.2. The number of sulfonamides is 1. The van der Waals surface area contributed by atoms with Crippen LogP contribution in [-0.2, 0) is 19.6 Å². The van der Waals surface area contributed by atoms with E-state index in [0.717, 1.165) is 6.08 Å². The SMILES string of the molecule is C=CC(O)S(=O)(=O)N1C(=O)CCC1=O. The third kappa shape index (κ3) is 1.55. The van der Waals surface area contributed by atoms with Gasteiger partial charge < -0.3 is 5.11 Å². The molecular formula is C7H9NO5S. The molecule has 0 aromatic rings. The van der Waals surface area contributed by atoms with Crippen molar-refractivity contribution in [3.05, 3.63) is 12.7 Å². The first-order valence-corrected chi connectivity index (χ1v) is 5.32. The second kappa shape index (κ2) is 3.50. The van der Waals surface area contributed by atoms with E-state index in [1.165, 1.54) is 0 Å². The first-order valence-electron chi connectivity index (χ1n) is 3.81. The molecule has 0 aliphatic carbocycles. The Labute approximate surface area is 80.9 Å². The summed E-state index contributed by atoms with van der Waals surface area (Å²) in [5, 5.41) is 9.03. The van der Waals surface area contributed by atoms with Crippen molar-refractivity contribution < 1.29 is 23.1 Å². The highest BCUT2D eigenvalue weighted by Crippen LogP contribution is 2.19. The normalized spacial score (nSPS) is 19.9. The van der Waals surface area contributed by atoms with Crippen molar-refractivity contribution in [2.75, 3.05) is 0 Å². The maximum atomic E-state index is 11.3. The third-order valence-electron chi connectivity index (χ3n) is 1.77. The monoisotopic (exact) mass is 219 g/mol. The molecule has 1 unspecified atom stereocenters. The Morgan fingerprint density at radius 2 is 1.79 bits per heavy atom. The average Bonchev–Trinajstić information content (AvgIpc) is 2.44. The van der Waals surface area contributed by atoms with Gasteiger partial charge >= 0.3 is 0 Å². The molecule has 78 valence electrons. The molecule has 0 aromatic heterocycles. The van der Waals surface area contributed by atoms with Crippen LogP contribution in [0.1, 0.15) is 12.8 Å². The number of aliphatic hydroxyl groups excluding tert-OH is 1. The predicted octanol–water partition coefficient (Wildman–Crippen LogP) is -1.03. The van der Waals surface area contributed by atoms with E-state index in [2.05, 4.69) is 6.58 Å². The largest absolute Gasteiger partial charge is 0.372 e. The molecule has 6 nitrogen and oxygen atoms in total. The van der Waals surface area contributed by atoms with E-state index in [-0.39, 0.29) is 17.1 Å². The van der Waals surface area contributed by atoms with Crippen molar-refractivity contribution in [1.82, 2.24) is 4.31 Å². The summed E-state index contributed by atoms with van der Waals surface area (Å²) in [4.78, 5) is 22.1. The molecule has 0 saturated carbocycles. The highest BCUT2D eigenvalue weighted by molar-refractivity contribution is 7.90. The summed E-state index contributed by atoms with van der Waals surface area (Å²) in [6.07, 6.45) is 0.470. The molecule has 2 amide bonds. The standard InChI is InChI=1S/C7H9NO5S/c1-2-7(11)14(12,13)8-5(9)3-4-6(8)10/h2,7,11H,1,3-4H2. The van der Waals surface area contributed by atoms with Crippen molar-refractivity contribution >= 4 is 21.8 Å². The van der Waals surface area contributed by atoms with Gasteiger partial charge in [-0.25, -0.2) is 8.42 Å². The van der Waals surface area contributed by atoms with Gasteiger partial charge in [0.05, 0.1) is 0 Å². The van der Waals surface area contributed by atoms with E-state index in [1.807, 2.05) is 0 Å². The zero-order chi connectivity index (χ0) is 10.9. The summed E-state index contributed by atoms with van der Waals surface area (Å²) in [7, 11) is -4.32. The number of hydrogen-bond donors (Lipinski definition) is 1. The maximum absolute atomic E-state index is 11.3. The van der Waals surface area contributed by atoms with Crippen LogP contribution in [0.3, 0.4) is 0 Å². The first-order chi connectivity index (χ1) is 6.41. The Bertz CT molecular complexity index is 369. The lowest BCUT2D eigenvalue weighted by Crippen LogP contribution is -2.41. The average molecular weight is 219 g/mol. The minimum atomic E-state index is -4.32. The van der Waals surface area contributed by atoms with Crippen LogP contribution in [0.15, 0.2) is 12.7 Å². The summed E-state index contributed by atoms with van der Waals surface area (Å²) < 4.78 is 22.8. The predicted molar refractivity (Wildman–Crippen MR) is 46.2 cm³/mol. The molecule has 0 spiro atoms. The van der Waals surface area contributed by atoms with Gasteiger partial charge in [-0.2, -0.15) is 4.31 Å². The Hall–Kier alpha value is -1.21. The van der Waals surface area contributed by atoms with Crippen LogP contribution >= 0.6 is 0 Å². The van der Waals surface area contributed by atoms with Gasteiger partial charge in [0.25, 0.3) is 10.0 Å². The fourth-order valence-electron chi connectivity index (χ4n) is 1.07. The Morgan fingerprint density at radius 1 is 1.36 bits per heavy atom. The molecule has 1 N–H and O–H groups in total. The van der Waals surface area contributed by atoms with Crippen LogP contribution < -0.4 is 0 Å². The Morgan fingerprint density at radius 3 is 2.14 bits per heavy atom. The summed E-state index contributed by atoms with van der Waals surface area (Å²) in [5.41, 5.74) is -1.92. The smallest absolute Gasteiger partial charge is 0.274 e. The number of amides is 2. The molecule has 7 heteroatoms. The van der Waals surface area contributed by atoms with Gasteiger partial charge in [0.2, 0.25) is 11.8 Å². The molecule has 14 heavy (non-hydrogen) atoms. The molecule has 1 atom stereocenters. The van der Waals surface area contributed by atoms with Gasteiger partial charge in [-0.1, -0.05) is 6.58 Å². The van der Waals surface area contributed by atoms with Crippen molar-refractivity contribution in [2.24, 2.45) is 0 Å². The van der Waals surface area contributed by atoms with Gasteiger partial charge in [-0.05, 0) is 6.08 Å². The van der Waals surface area contributed by atoms with Gasteiger partial charge in [0.15, 0.2) is 5.44 Å². The fraction of sp³-hybridized carbons (Fsp3) is 0.429. The lowest BCUT2D eigenvalue weighted by atomic mass is 10.4. The van der Waals surface area contributed by atoms with Crippen molar-refractivity contribution in [1.29, 1.82) is 0 Å². The molecule has 1 rings (SSSR count). The van der Waals surface area contributed by atoms with Gasteiger partial charge in [-0.15, -0.1) is 0 Å². The van der Waals surface area contributed by atoms with E-state index in [0.29, 0.717) is 0 Å². The zero-order valence-electron chi connectivity index (χ0n) is 7.21. The number of nitrogens with zero attached hydrogens (tertiary/aromatic N) is 1. The van der Waals surface area contributed by atoms with Crippen molar-refractivity contribution in [3.63, 3.8) is 0 Å². The molecule has 1 heterocycles. The lowest BCUT2D eigenvalue weighted by molar-refractivity contribution is -0.132. The van der Waals surface area contributed by atoms with Crippen LogP contribution in [0, 0.1) is 0 Å². The lowest BCUT2D eigenvalue weighted by Gasteiger charge is -2.16.